The van der Waals surface area contributed by atoms with Crippen LogP contribution in [0.1, 0.15) is 58.3 Å². The van der Waals surface area contributed by atoms with Gasteiger partial charge in [0.05, 0.1) is 0 Å². The molecule has 3 heteroatoms. The van der Waals surface area contributed by atoms with Crippen molar-refractivity contribution < 1.29 is 0 Å². The van der Waals surface area contributed by atoms with E-state index in [4.69, 9.17) is 0 Å². The summed E-state index contributed by atoms with van der Waals surface area (Å²) in [5, 5.41) is 4.64. The number of piperidine rings is 2. The summed E-state index contributed by atoms with van der Waals surface area (Å²) in [6, 6.07) is 2.58. The Labute approximate surface area is 123 Å². The summed E-state index contributed by atoms with van der Waals surface area (Å²) in [7, 11) is 0. The minimum Gasteiger partial charge on any atom is -0.314 e. The van der Waals surface area contributed by atoms with Crippen LogP contribution in [0, 0.1) is 0 Å². The molecule has 0 spiro atoms. The van der Waals surface area contributed by atoms with Gasteiger partial charge in [-0.15, -0.1) is 0 Å². The molecule has 3 aliphatic heterocycles. The molecule has 3 unspecified atom stereocenters. The largest absolute Gasteiger partial charge is 0.314 e. The summed E-state index contributed by atoms with van der Waals surface area (Å²) in [6.07, 6.45) is 11.6. The molecule has 3 fully saturated rings. The van der Waals surface area contributed by atoms with Gasteiger partial charge in [-0.25, -0.2) is 0 Å². The van der Waals surface area contributed by atoms with E-state index in [-0.39, 0.29) is 0 Å². The van der Waals surface area contributed by atoms with Crippen LogP contribution in [0.2, 0.25) is 0 Å². The first-order chi connectivity index (χ1) is 9.36. The normalized spacial score (nSPS) is 40.3. The van der Waals surface area contributed by atoms with E-state index < -0.39 is 0 Å². The second-order valence-electron chi connectivity index (χ2n) is 6.65. The fourth-order valence-corrected chi connectivity index (χ4v) is 5.73. The minimum absolute atomic E-state index is 0.801. The second-order valence-corrected chi connectivity index (χ2v) is 8.06. The first-order valence-electron chi connectivity index (χ1n) is 8.47. The van der Waals surface area contributed by atoms with Gasteiger partial charge in [0.2, 0.25) is 0 Å². The van der Waals surface area contributed by atoms with Crippen LogP contribution in [0.25, 0.3) is 0 Å². The van der Waals surface area contributed by atoms with Crippen LogP contribution >= 0.6 is 11.8 Å². The summed E-state index contributed by atoms with van der Waals surface area (Å²) in [6.45, 7) is 4.78. The molecular formula is C16H30N2S. The summed E-state index contributed by atoms with van der Waals surface area (Å²) >= 11 is 2.25. The molecule has 3 aliphatic rings. The molecule has 0 radical (unpaired) electrons. The molecule has 0 aromatic heterocycles. The number of hydrogen-bond donors (Lipinski definition) is 1. The maximum Gasteiger partial charge on any atom is 0.0175 e. The van der Waals surface area contributed by atoms with Gasteiger partial charge in [0.25, 0.3) is 0 Å². The van der Waals surface area contributed by atoms with E-state index >= 15 is 0 Å². The van der Waals surface area contributed by atoms with Gasteiger partial charge in [-0.05, 0) is 50.8 Å². The van der Waals surface area contributed by atoms with Crippen LogP contribution in [0.3, 0.4) is 0 Å². The van der Waals surface area contributed by atoms with Crippen molar-refractivity contribution in [1.29, 1.82) is 0 Å². The van der Waals surface area contributed by atoms with Gasteiger partial charge in [-0.1, -0.05) is 19.8 Å². The Hall–Kier alpha value is 0.270. The zero-order valence-electron chi connectivity index (χ0n) is 12.4. The van der Waals surface area contributed by atoms with E-state index in [1.807, 2.05) is 0 Å². The summed E-state index contributed by atoms with van der Waals surface area (Å²) in [5.74, 6) is 1.41. The Morgan fingerprint density at radius 2 is 1.84 bits per heavy atom. The molecule has 3 rings (SSSR count). The monoisotopic (exact) mass is 282 g/mol. The van der Waals surface area contributed by atoms with Crippen LogP contribution in [0.5, 0.6) is 0 Å². The highest BCUT2D eigenvalue weighted by atomic mass is 32.2. The van der Waals surface area contributed by atoms with E-state index in [2.05, 4.69) is 28.9 Å². The van der Waals surface area contributed by atoms with Gasteiger partial charge < -0.3 is 5.32 Å². The van der Waals surface area contributed by atoms with Gasteiger partial charge in [0, 0.05) is 29.9 Å². The molecule has 3 saturated heterocycles. The predicted octanol–water partition coefficient (Wildman–Crippen LogP) is 3.27. The Bertz CT molecular complexity index is 264. The fraction of sp³-hybridized carbons (Fsp3) is 1.00. The lowest BCUT2D eigenvalue weighted by atomic mass is 9.81. The number of nitrogens with one attached hydrogen (secondary N) is 1. The van der Waals surface area contributed by atoms with Gasteiger partial charge in [0.1, 0.15) is 0 Å². The minimum atomic E-state index is 0.801. The van der Waals surface area contributed by atoms with Crippen molar-refractivity contribution in [2.24, 2.45) is 0 Å². The maximum absolute atomic E-state index is 3.71. The number of nitrogens with zero attached hydrogens (tertiary/aromatic N) is 1. The van der Waals surface area contributed by atoms with Crippen molar-refractivity contribution in [3.05, 3.63) is 0 Å². The number of fused-ring (bicyclic) bond motifs is 2. The van der Waals surface area contributed by atoms with Crippen LogP contribution in [0.4, 0.5) is 0 Å². The zero-order valence-corrected chi connectivity index (χ0v) is 13.3. The van der Waals surface area contributed by atoms with Crippen LogP contribution in [0.15, 0.2) is 0 Å². The van der Waals surface area contributed by atoms with Crippen molar-refractivity contribution in [1.82, 2.24) is 10.2 Å². The lowest BCUT2D eigenvalue weighted by Crippen LogP contribution is -2.57. The van der Waals surface area contributed by atoms with Crippen LogP contribution in [-0.2, 0) is 0 Å². The summed E-state index contributed by atoms with van der Waals surface area (Å²) in [5.41, 5.74) is 0. The third kappa shape index (κ3) is 3.48. The van der Waals surface area contributed by atoms with Crippen molar-refractivity contribution in [3.63, 3.8) is 0 Å². The molecule has 2 bridgehead atoms. The quantitative estimate of drug-likeness (QED) is 0.852. The topological polar surface area (TPSA) is 15.3 Å². The molecule has 1 N–H and O–H groups in total. The highest BCUT2D eigenvalue weighted by molar-refractivity contribution is 7.99. The molecule has 0 aromatic rings. The lowest BCUT2D eigenvalue weighted by Gasteiger charge is -2.50. The molecule has 19 heavy (non-hydrogen) atoms. The highest BCUT2D eigenvalue weighted by Crippen LogP contribution is 2.36. The first-order valence-corrected chi connectivity index (χ1v) is 9.52. The Morgan fingerprint density at radius 3 is 2.47 bits per heavy atom. The van der Waals surface area contributed by atoms with Crippen molar-refractivity contribution >= 4 is 11.8 Å². The number of thioether (sulfide) groups is 1. The molecule has 0 aromatic carbocycles. The third-order valence-corrected chi connectivity index (χ3v) is 6.69. The summed E-state index contributed by atoms with van der Waals surface area (Å²) < 4.78 is 0. The average molecular weight is 282 g/mol. The Balaban J connectivity index is 1.58. The van der Waals surface area contributed by atoms with Gasteiger partial charge in [-0.2, -0.15) is 11.8 Å². The molecule has 3 heterocycles. The summed E-state index contributed by atoms with van der Waals surface area (Å²) in [4.78, 5) is 2.92. The van der Waals surface area contributed by atoms with Gasteiger partial charge in [0.15, 0.2) is 0 Å². The molecule has 0 amide bonds. The van der Waals surface area contributed by atoms with E-state index in [1.54, 1.807) is 0 Å². The van der Waals surface area contributed by atoms with Gasteiger partial charge >= 0.3 is 0 Å². The highest BCUT2D eigenvalue weighted by Gasteiger charge is 2.38. The van der Waals surface area contributed by atoms with Crippen LogP contribution < -0.4 is 5.32 Å². The fourth-order valence-electron chi connectivity index (χ4n) is 4.42. The molecule has 3 atom stereocenters. The van der Waals surface area contributed by atoms with Crippen LogP contribution in [-0.4, -0.2) is 47.1 Å². The lowest BCUT2D eigenvalue weighted by molar-refractivity contribution is 0.0247. The zero-order chi connectivity index (χ0) is 13.1. The smallest absolute Gasteiger partial charge is 0.0175 e. The third-order valence-electron chi connectivity index (χ3n) is 5.31. The van der Waals surface area contributed by atoms with Gasteiger partial charge in [-0.3, -0.25) is 4.90 Å². The SMILES string of the molecule is CCNC1CC2CCCC(C1)N2CC1CCCCS1. The average Bonchev–Trinajstić information content (AvgIpc) is 2.41. The van der Waals surface area contributed by atoms with E-state index in [0.717, 1.165) is 29.9 Å². The molecule has 2 nitrogen and oxygen atoms in total. The molecule has 110 valence electrons. The Morgan fingerprint density at radius 1 is 1.05 bits per heavy atom. The molecular weight excluding hydrogens is 252 g/mol. The van der Waals surface area contributed by atoms with Crippen molar-refractivity contribution in [3.8, 4) is 0 Å². The first kappa shape index (κ1) is 14.2. The van der Waals surface area contributed by atoms with E-state index in [9.17, 15) is 0 Å². The number of hydrogen-bond acceptors (Lipinski definition) is 3. The predicted molar refractivity (Wildman–Crippen MR) is 84.9 cm³/mol. The molecule has 0 aliphatic carbocycles. The Kier molecular flexibility index (Phi) is 5.10. The standard InChI is InChI=1S/C16H30N2S/c1-2-17-13-10-14-6-5-7-15(11-13)18(14)12-16-8-3-4-9-19-16/h13-17H,2-12H2,1H3. The second kappa shape index (κ2) is 6.82. The maximum atomic E-state index is 3.71. The van der Waals surface area contributed by atoms with Crippen molar-refractivity contribution in [2.45, 2.75) is 81.7 Å². The number of rotatable bonds is 4. The molecule has 0 saturated carbocycles. The van der Waals surface area contributed by atoms with E-state index in [1.165, 1.54) is 63.7 Å². The van der Waals surface area contributed by atoms with E-state index in [0.29, 0.717) is 0 Å². The van der Waals surface area contributed by atoms with Crippen molar-refractivity contribution in [2.75, 3.05) is 18.8 Å².